The predicted molar refractivity (Wildman–Crippen MR) is 51.0 cm³/mol. The van der Waals surface area contributed by atoms with Crippen molar-refractivity contribution in [3.05, 3.63) is 0 Å². The summed E-state index contributed by atoms with van der Waals surface area (Å²) in [6.07, 6.45) is 2.45. The lowest BCUT2D eigenvalue weighted by Crippen LogP contribution is -2.27. The average Bonchev–Trinajstić information content (AvgIpc) is 1.98. The summed E-state index contributed by atoms with van der Waals surface area (Å²) in [6, 6.07) is 0. The summed E-state index contributed by atoms with van der Waals surface area (Å²) in [5, 5.41) is 18.9. The molecule has 0 heterocycles. The lowest BCUT2D eigenvalue weighted by molar-refractivity contribution is 0.00205. The molecule has 2 unspecified atom stereocenters. The van der Waals surface area contributed by atoms with Crippen molar-refractivity contribution in [1.29, 1.82) is 0 Å². The van der Waals surface area contributed by atoms with Gasteiger partial charge in [0.25, 0.3) is 0 Å². The molecule has 0 aromatic carbocycles. The van der Waals surface area contributed by atoms with Gasteiger partial charge >= 0.3 is 0 Å². The van der Waals surface area contributed by atoms with Gasteiger partial charge in [0.15, 0.2) is 0 Å². The number of hydrogen-bond donors (Lipinski definition) is 2. The van der Waals surface area contributed by atoms with Crippen LogP contribution in [0.3, 0.4) is 0 Å². The largest absolute Gasteiger partial charge is 0.390 e. The Hall–Kier alpha value is -0.0800. The van der Waals surface area contributed by atoms with Crippen molar-refractivity contribution >= 4 is 0 Å². The second-order valence-corrected chi connectivity index (χ2v) is 3.91. The fourth-order valence-electron chi connectivity index (χ4n) is 1.25. The first kappa shape index (κ1) is 11.9. The Kier molecular flexibility index (Phi) is 6.39. The van der Waals surface area contributed by atoms with Crippen LogP contribution in [0.4, 0.5) is 0 Å². The van der Waals surface area contributed by atoms with Gasteiger partial charge in [0.05, 0.1) is 12.2 Å². The van der Waals surface area contributed by atoms with E-state index in [0.29, 0.717) is 12.3 Å². The van der Waals surface area contributed by atoms with Crippen LogP contribution in [0.5, 0.6) is 0 Å². The molecule has 74 valence electrons. The Morgan fingerprint density at radius 1 is 1.08 bits per heavy atom. The first-order valence-corrected chi connectivity index (χ1v) is 4.94. The van der Waals surface area contributed by atoms with Crippen molar-refractivity contribution in [1.82, 2.24) is 0 Å². The van der Waals surface area contributed by atoms with Gasteiger partial charge in [0, 0.05) is 0 Å². The SMILES string of the molecule is CCCCC(O)C(O)CC(C)C. The van der Waals surface area contributed by atoms with Gasteiger partial charge in [-0.2, -0.15) is 0 Å². The Labute approximate surface area is 75.6 Å². The van der Waals surface area contributed by atoms with Crippen LogP contribution < -0.4 is 0 Å². The van der Waals surface area contributed by atoms with Crippen LogP contribution in [-0.4, -0.2) is 22.4 Å². The molecule has 2 heteroatoms. The molecule has 0 amide bonds. The summed E-state index contributed by atoms with van der Waals surface area (Å²) >= 11 is 0. The third-order valence-electron chi connectivity index (χ3n) is 2.01. The highest BCUT2D eigenvalue weighted by atomic mass is 16.3. The van der Waals surface area contributed by atoms with Crippen molar-refractivity contribution in [2.45, 2.75) is 58.7 Å². The molecule has 2 atom stereocenters. The van der Waals surface area contributed by atoms with Crippen LogP contribution in [0.2, 0.25) is 0 Å². The quantitative estimate of drug-likeness (QED) is 0.646. The Balaban J connectivity index is 3.53. The number of rotatable bonds is 6. The van der Waals surface area contributed by atoms with Gasteiger partial charge in [-0.3, -0.25) is 0 Å². The summed E-state index contributed by atoms with van der Waals surface area (Å²) < 4.78 is 0. The maximum atomic E-state index is 9.46. The molecule has 12 heavy (non-hydrogen) atoms. The molecule has 0 aliphatic rings. The van der Waals surface area contributed by atoms with Crippen LogP contribution in [0.1, 0.15) is 46.5 Å². The summed E-state index contributed by atoms with van der Waals surface area (Å²) in [5.74, 6) is 0.455. The van der Waals surface area contributed by atoms with E-state index in [2.05, 4.69) is 20.8 Å². The summed E-state index contributed by atoms with van der Waals surface area (Å²) in [7, 11) is 0. The standard InChI is InChI=1S/C10H22O2/c1-4-5-6-9(11)10(12)7-8(2)3/h8-12H,4-7H2,1-3H3. The van der Waals surface area contributed by atoms with Crippen molar-refractivity contribution in [2.75, 3.05) is 0 Å². The molecule has 0 aliphatic heterocycles. The van der Waals surface area contributed by atoms with E-state index < -0.39 is 12.2 Å². The third-order valence-corrected chi connectivity index (χ3v) is 2.01. The molecule has 0 saturated heterocycles. The van der Waals surface area contributed by atoms with E-state index >= 15 is 0 Å². The molecule has 0 aliphatic carbocycles. The highest BCUT2D eigenvalue weighted by Gasteiger charge is 2.16. The fraction of sp³-hybridized carbons (Fsp3) is 1.00. The van der Waals surface area contributed by atoms with Crippen molar-refractivity contribution in [3.8, 4) is 0 Å². The average molecular weight is 174 g/mol. The van der Waals surface area contributed by atoms with Gasteiger partial charge < -0.3 is 10.2 Å². The van der Waals surface area contributed by atoms with E-state index in [1.807, 2.05) is 0 Å². The maximum absolute atomic E-state index is 9.46. The van der Waals surface area contributed by atoms with Gasteiger partial charge in [0.2, 0.25) is 0 Å². The molecule has 0 radical (unpaired) electrons. The zero-order valence-corrected chi connectivity index (χ0v) is 8.45. The van der Waals surface area contributed by atoms with E-state index in [1.165, 1.54) is 0 Å². The zero-order chi connectivity index (χ0) is 9.56. The van der Waals surface area contributed by atoms with E-state index in [4.69, 9.17) is 0 Å². The maximum Gasteiger partial charge on any atom is 0.0801 e. The summed E-state index contributed by atoms with van der Waals surface area (Å²) in [6.45, 7) is 6.19. The molecule has 0 aromatic heterocycles. The molecule has 0 aromatic rings. The topological polar surface area (TPSA) is 40.5 Å². The molecule has 0 fully saturated rings. The zero-order valence-electron chi connectivity index (χ0n) is 8.45. The van der Waals surface area contributed by atoms with E-state index in [1.54, 1.807) is 0 Å². The number of unbranched alkanes of at least 4 members (excludes halogenated alkanes) is 1. The van der Waals surface area contributed by atoms with Gasteiger partial charge in [-0.1, -0.05) is 33.6 Å². The lowest BCUT2D eigenvalue weighted by Gasteiger charge is -2.18. The van der Waals surface area contributed by atoms with Crippen molar-refractivity contribution in [3.63, 3.8) is 0 Å². The predicted octanol–water partition coefficient (Wildman–Crippen LogP) is 1.94. The third kappa shape index (κ3) is 5.56. The Morgan fingerprint density at radius 3 is 2.08 bits per heavy atom. The van der Waals surface area contributed by atoms with Crippen LogP contribution in [-0.2, 0) is 0 Å². The minimum absolute atomic E-state index is 0.455. The Bertz CT molecular complexity index is 102. The molecule has 2 N–H and O–H groups in total. The molecular formula is C10H22O2. The van der Waals surface area contributed by atoms with E-state index in [0.717, 1.165) is 19.3 Å². The molecule has 0 rings (SSSR count). The van der Waals surface area contributed by atoms with Crippen LogP contribution in [0, 0.1) is 5.92 Å². The molecule has 2 nitrogen and oxygen atoms in total. The number of aliphatic hydroxyl groups excluding tert-OH is 2. The molecular weight excluding hydrogens is 152 g/mol. The van der Waals surface area contributed by atoms with Crippen LogP contribution >= 0.6 is 0 Å². The van der Waals surface area contributed by atoms with Crippen molar-refractivity contribution < 1.29 is 10.2 Å². The molecule has 0 saturated carbocycles. The van der Waals surface area contributed by atoms with Crippen molar-refractivity contribution in [2.24, 2.45) is 5.92 Å². The van der Waals surface area contributed by atoms with Crippen LogP contribution in [0.15, 0.2) is 0 Å². The molecule has 0 bridgehead atoms. The fourth-order valence-corrected chi connectivity index (χ4v) is 1.25. The summed E-state index contributed by atoms with van der Waals surface area (Å²) in [5.41, 5.74) is 0. The Morgan fingerprint density at radius 2 is 1.67 bits per heavy atom. The van der Waals surface area contributed by atoms with Gasteiger partial charge in [-0.15, -0.1) is 0 Å². The molecule has 0 spiro atoms. The monoisotopic (exact) mass is 174 g/mol. The van der Waals surface area contributed by atoms with Crippen LogP contribution in [0.25, 0.3) is 0 Å². The minimum atomic E-state index is -0.531. The summed E-state index contributed by atoms with van der Waals surface area (Å²) in [4.78, 5) is 0. The second kappa shape index (κ2) is 6.44. The highest BCUT2D eigenvalue weighted by Crippen LogP contribution is 2.12. The highest BCUT2D eigenvalue weighted by molar-refractivity contribution is 4.68. The lowest BCUT2D eigenvalue weighted by atomic mass is 9.99. The normalized spacial score (nSPS) is 16.5. The van der Waals surface area contributed by atoms with Gasteiger partial charge in [-0.05, 0) is 18.8 Å². The van der Waals surface area contributed by atoms with E-state index in [9.17, 15) is 10.2 Å². The second-order valence-electron chi connectivity index (χ2n) is 3.91. The first-order chi connectivity index (χ1) is 5.57. The minimum Gasteiger partial charge on any atom is -0.390 e. The number of aliphatic hydroxyl groups is 2. The van der Waals surface area contributed by atoms with Gasteiger partial charge in [0.1, 0.15) is 0 Å². The first-order valence-electron chi connectivity index (χ1n) is 4.94. The number of hydrogen-bond acceptors (Lipinski definition) is 2. The van der Waals surface area contributed by atoms with Gasteiger partial charge in [-0.25, -0.2) is 0 Å². The smallest absolute Gasteiger partial charge is 0.0801 e. The van der Waals surface area contributed by atoms with E-state index in [-0.39, 0.29) is 0 Å².